The standard InChI is InChI=1S/C13H17P3/c14-6-9-1-4-12-10(5-9)2-3-11(7-15)13(12)8-16/h1-5H,6-8,14-16H2. The molecule has 0 aliphatic carbocycles. The zero-order valence-electron chi connectivity index (χ0n) is 9.24. The molecule has 0 aliphatic heterocycles. The van der Waals surface area contributed by atoms with Crippen LogP contribution in [0.2, 0.25) is 0 Å². The molecule has 2 aromatic carbocycles. The minimum absolute atomic E-state index is 1.03. The molecule has 0 amide bonds. The normalized spacial score (nSPS) is 10.9. The Morgan fingerprint density at radius 2 is 1.62 bits per heavy atom. The first-order chi connectivity index (χ1) is 7.80. The second kappa shape index (κ2) is 5.55. The first-order valence-electron chi connectivity index (χ1n) is 5.43. The Morgan fingerprint density at radius 1 is 0.812 bits per heavy atom. The van der Waals surface area contributed by atoms with Crippen molar-refractivity contribution in [1.29, 1.82) is 0 Å². The van der Waals surface area contributed by atoms with Crippen molar-refractivity contribution in [1.82, 2.24) is 0 Å². The van der Waals surface area contributed by atoms with Crippen LogP contribution in [0, 0.1) is 0 Å². The highest BCUT2D eigenvalue weighted by Gasteiger charge is 2.05. The third kappa shape index (κ3) is 2.31. The van der Waals surface area contributed by atoms with E-state index in [1.54, 1.807) is 0 Å². The molecule has 0 fully saturated rings. The molecule has 0 radical (unpaired) electrons. The van der Waals surface area contributed by atoms with E-state index in [9.17, 15) is 0 Å². The highest BCUT2D eigenvalue weighted by Crippen LogP contribution is 2.27. The maximum Gasteiger partial charge on any atom is -0.0119 e. The van der Waals surface area contributed by atoms with E-state index in [2.05, 4.69) is 58.1 Å². The molecular formula is C13H17P3. The summed E-state index contributed by atoms with van der Waals surface area (Å²) in [6.45, 7) is 0. The lowest BCUT2D eigenvalue weighted by molar-refractivity contribution is 1.31. The summed E-state index contributed by atoms with van der Waals surface area (Å²) in [7, 11) is 8.43. The van der Waals surface area contributed by atoms with Crippen molar-refractivity contribution in [2.75, 3.05) is 0 Å². The van der Waals surface area contributed by atoms with E-state index in [1.807, 2.05) is 0 Å². The molecule has 2 rings (SSSR count). The third-order valence-electron chi connectivity index (χ3n) is 2.95. The van der Waals surface area contributed by atoms with Crippen molar-refractivity contribution in [2.24, 2.45) is 0 Å². The minimum Gasteiger partial charge on any atom is -0.133 e. The number of hydrogen-bond donors (Lipinski definition) is 0. The van der Waals surface area contributed by atoms with Gasteiger partial charge in [0.05, 0.1) is 0 Å². The maximum absolute atomic E-state index is 2.84. The van der Waals surface area contributed by atoms with E-state index in [4.69, 9.17) is 0 Å². The number of benzene rings is 2. The van der Waals surface area contributed by atoms with Crippen molar-refractivity contribution in [3.63, 3.8) is 0 Å². The molecule has 0 saturated carbocycles. The summed E-state index contributed by atoms with van der Waals surface area (Å²) >= 11 is 0. The van der Waals surface area contributed by atoms with Gasteiger partial charge in [-0.05, 0) is 45.9 Å². The Bertz CT molecular complexity index is 506. The van der Waals surface area contributed by atoms with Crippen LogP contribution in [-0.2, 0) is 18.5 Å². The van der Waals surface area contributed by atoms with Gasteiger partial charge in [-0.15, -0.1) is 27.7 Å². The lowest BCUT2D eigenvalue weighted by Crippen LogP contribution is -1.90. The summed E-state index contributed by atoms with van der Waals surface area (Å²) in [5.41, 5.74) is 4.28. The van der Waals surface area contributed by atoms with Gasteiger partial charge in [0.25, 0.3) is 0 Å². The van der Waals surface area contributed by atoms with Crippen LogP contribution in [0.25, 0.3) is 10.8 Å². The van der Waals surface area contributed by atoms with Crippen LogP contribution in [0.5, 0.6) is 0 Å². The van der Waals surface area contributed by atoms with Gasteiger partial charge in [-0.3, -0.25) is 0 Å². The highest BCUT2D eigenvalue weighted by atomic mass is 31.0. The molecule has 0 saturated heterocycles. The lowest BCUT2D eigenvalue weighted by Gasteiger charge is -2.11. The molecule has 2 aromatic rings. The predicted molar refractivity (Wildman–Crippen MR) is 84.2 cm³/mol. The van der Waals surface area contributed by atoms with Gasteiger partial charge in [0, 0.05) is 0 Å². The molecule has 84 valence electrons. The molecule has 0 aromatic heterocycles. The topological polar surface area (TPSA) is 0 Å². The van der Waals surface area contributed by atoms with Crippen LogP contribution in [0.4, 0.5) is 0 Å². The Morgan fingerprint density at radius 3 is 2.25 bits per heavy atom. The van der Waals surface area contributed by atoms with Gasteiger partial charge in [-0.25, -0.2) is 0 Å². The molecule has 0 N–H and O–H groups in total. The van der Waals surface area contributed by atoms with Gasteiger partial charge < -0.3 is 0 Å². The fourth-order valence-corrected chi connectivity index (χ4v) is 3.17. The van der Waals surface area contributed by atoms with Crippen LogP contribution >= 0.6 is 27.7 Å². The van der Waals surface area contributed by atoms with Crippen molar-refractivity contribution in [3.05, 3.63) is 47.0 Å². The second-order valence-corrected chi connectivity index (χ2v) is 5.10. The van der Waals surface area contributed by atoms with Crippen LogP contribution in [0.15, 0.2) is 30.3 Å². The van der Waals surface area contributed by atoms with Gasteiger partial charge >= 0.3 is 0 Å². The first kappa shape index (κ1) is 12.4. The largest absolute Gasteiger partial charge is 0.133 e. The van der Waals surface area contributed by atoms with Crippen LogP contribution < -0.4 is 0 Å². The van der Waals surface area contributed by atoms with Crippen molar-refractivity contribution in [2.45, 2.75) is 18.5 Å². The molecule has 3 heteroatoms. The SMILES string of the molecule is PCc1ccc2c(CP)c(CP)ccc2c1. The summed E-state index contributed by atoms with van der Waals surface area (Å²) in [6.07, 6.45) is 3.09. The van der Waals surface area contributed by atoms with Gasteiger partial charge in [-0.2, -0.15) is 0 Å². The third-order valence-corrected chi connectivity index (χ3v) is 4.27. The van der Waals surface area contributed by atoms with Gasteiger partial charge in [-0.1, -0.05) is 30.3 Å². The quantitative estimate of drug-likeness (QED) is 0.737. The molecule has 0 bridgehead atoms. The zero-order valence-corrected chi connectivity index (χ0v) is 12.7. The Kier molecular flexibility index (Phi) is 4.32. The molecule has 0 aliphatic rings. The van der Waals surface area contributed by atoms with Crippen LogP contribution in [0.3, 0.4) is 0 Å². The second-order valence-electron chi connectivity index (χ2n) is 3.87. The Labute approximate surface area is 104 Å². The van der Waals surface area contributed by atoms with E-state index in [0.29, 0.717) is 0 Å². The summed E-state index contributed by atoms with van der Waals surface area (Å²) in [6, 6.07) is 11.3. The molecule has 3 unspecified atom stereocenters. The summed E-state index contributed by atoms with van der Waals surface area (Å²) in [5.74, 6) is 0. The summed E-state index contributed by atoms with van der Waals surface area (Å²) in [5, 5.41) is 2.76. The van der Waals surface area contributed by atoms with E-state index in [1.165, 1.54) is 27.5 Å². The molecule has 0 heterocycles. The van der Waals surface area contributed by atoms with Crippen molar-refractivity contribution in [3.8, 4) is 0 Å². The van der Waals surface area contributed by atoms with E-state index in [-0.39, 0.29) is 0 Å². The van der Waals surface area contributed by atoms with E-state index in [0.717, 1.165) is 18.5 Å². The number of rotatable bonds is 3. The Hall–Kier alpha value is -0.0100. The lowest BCUT2D eigenvalue weighted by atomic mass is 9.99. The summed E-state index contributed by atoms with van der Waals surface area (Å²) < 4.78 is 0. The molecular weight excluding hydrogens is 249 g/mol. The average Bonchev–Trinajstić information content (AvgIpc) is 2.36. The number of hydrogen-bond acceptors (Lipinski definition) is 0. The highest BCUT2D eigenvalue weighted by molar-refractivity contribution is 7.16. The smallest absolute Gasteiger partial charge is 0.0119 e. The van der Waals surface area contributed by atoms with Gasteiger partial charge in [0.1, 0.15) is 0 Å². The number of fused-ring (bicyclic) bond motifs is 1. The molecule has 0 nitrogen and oxygen atoms in total. The predicted octanol–water partition coefficient (Wildman–Crippen LogP) is 3.97. The zero-order chi connectivity index (χ0) is 11.5. The minimum atomic E-state index is 1.03. The van der Waals surface area contributed by atoms with Crippen LogP contribution in [0.1, 0.15) is 16.7 Å². The molecule has 0 spiro atoms. The van der Waals surface area contributed by atoms with E-state index < -0.39 is 0 Å². The fourth-order valence-electron chi connectivity index (χ4n) is 2.05. The van der Waals surface area contributed by atoms with Crippen molar-refractivity contribution >= 4 is 38.5 Å². The Balaban J connectivity index is 2.69. The molecule has 3 atom stereocenters. The van der Waals surface area contributed by atoms with Gasteiger partial charge in [0.15, 0.2) is 0 Å². The maximum atomic E-state index is 2.84. The fraction of sp³-hybridized carbons (Fsp3) is 0.231. The first-order valence-corrected chi connectivity index (χ1v) is 7.88. The van der Waals surface area contributed by atoms with Crippen molar-refractivity contribution < 1.29 is 0 Å². The van der Waals surface area contributed by atoms with Crippen LogP contribution in [-0.4, -0.2) is 0 Å². The summed E-state index contributed by atoms with van der Waals surface area (Å²) in [4.78, 5) is 0. The monoisotopic (exact) mass is 266 g/mol. The van der Waals surface area contributed by atoms with E-state index >= 15 is 0 Å². The molecule has 16 heavy (non-hydrogen) atoms. The average molecular weight is 266 g/mol. The van der Waals surface area contributed by atoms with Gasteiger partial charge in [0.2, 0.25) is 0 Å².